The predicted molar refractivity (Wildman–Crippen MR) is 121 cm³/mol. The van der Waals surface area contributed by atoms with Crippen molar-refractivity contribution in [3.05, 3.63) is 32.4 Å². The van der Waals surface area contributed by atoms with Gasteiger partial charge in [-0.3, -0.25) is 0 Å². The summed E-state index contributed by atoms with van der Waals surface area (Å²) < 4.78 is 3.15. The number of rotatable bonds is 5. The van der Waals surface area contributed by atoms with Crippen molar-refractivity contribution in [1.82, 2.24) is 25.0 Å². The van der Waals surface area contributed by atoms with Gasteiger partial charge in [0.25, 0.3) is 0 Å². The number of aliphatic imine (C=N–C) groups is 1. The molecule has 0 bridgehead atoms. The van der Waals surface area contributed by atoms with Crippen molar-refractivity contribution in [3.8, 4) is 0 Å². The van der Waals surface area contributed by atoms with Crippen LogP contribution in [0.4, 0.5) is 0 Å². The summed E-state index contributed by atoms with van der Waals surface area (Å²) in [5.74, 6) is 2.74. The molecule has 0 unspecified atom stereocenters. The molecule has 1 fully saturated rings. The van der Waals surface area contributed by atoms with Gasteiger partial charge >= 0.3 is 0 Å². The first-order valence-electron chi connectivity index (χ1n) is 8.64. The topological polar surface area (TPSA) is 58.3 Å². The number of nitrogens with one attached hydrogen (secondary N) is 1. The summed E-state index contributed by atoms with van der Waals surface area (Å²) in [7, 11) is 4.08. The lowest BCUT2D eigenvalue weighted by Gasteiger charge is -2.25. The third kappa shape index (κ3) is 5.66. The van der Waals surface area contributed by atoms with Crippen molar-refractivity contribution in [2.75, 3.05) is 7.05 Å². The summed E-state index contributed by atoms with van der Waals surface area (Å²) in [5, 5.41) is 12.0. The fourth-order valence-corrected chi connectivity index (χ4v) is 4.55. The molecule has 3 rings (SSSR count). The van der Waals surface area contributed by atoms with E-state index in [4.69, 9.17) is 4.99 Å². The zero-order chi connectivity index (χ0) is 17.8. The third-order valence-corrected chi connectivity index (χ3v) is 6.23. The highest BCUT2D eigenvalue weighted by molar-refractivity contribution is 14.0. The number of thiophene rings is 1. The number of guanidine groups is 1. The number of hydrogen-bond acceptors (Lipinski definition) is 4. The largest absolute Gasteiger partial charge is 0.353 e. The first-order valence-corrected chi connectivity index (χ1v) is 10.2. The van der Waals surface area contributed by atoms with Gasteiger partial charge in [-0.1, -0.05) is 12.8 Å². The van der Waals surface area contributed by atoms with E-state index >= 15 is 0 Å². The molecule has 0 atom stereocenters. The van der Waals surface area contributed by atoms with Crippen LogP contribution in [-0.4, -0.2) is 38.7 Å². The molecule has 0 amide bonds. The Hall–Kier alpha value is -0.680. The number of aryl methyl sites for hydroxylation is 1. The quantitative estimate of drug-likeness (QED) is 0.345. The van der Waals surface area contributed by atoms with Crippen LogP contribution >= 0.6 is 51.2 Å². The van der Waals surface area contributed by atoms with E-state index in [2.05, 4.69) is 55.5 Å². The number of aromatic nitrogens is 3. The average molecular weight is 553 g/mol. The molecule has 0 spiro atoms. The lowest BCUT2D eigenvalue weighted by Crippen LogP contribution is -2.43. The summed E-state index contributed by atoms with van der Waals surface area (Å²) in [6.07, 6.45) is 5.05. The molecule has 0 saturated heterocycles. The second kappa shape index (κ2) is 10.0. The maximum Gasteiger partial charge on any atom is 0.194 e. The molecule has 144 valence electrons. The van der Waals surface area contributed by atoms with Crippen molar-refractivity contribution in [3.63, 3.8) is 0 Å². The second-order valence-electron chi connectivity index (χ2n) is 6.55. The normalized spacial score (nSPS) is 15.2. The molecule has 1 aliphatic rings. The van der Waals surface area contributed by atoms with E-state index in [1.165, 1.54) is 30.6 Å². The summed E-state index contributed by atoms with van der Waals surface area (Å²) in [4.78, 5) is 8.34. The molecular weight excluding hydrogens is 527 g/mol. The van der Waals surface area contributed by atoms with Crippen LogP contribution in [0.15, 0.2) is 20.9 Å². The summed E-state index contributed by atoms with van der Waals surface area (Å²) >= 11 is 5.30. The minimum atomic E-state index is 0. The maximum absolute atomic E-state index is 4.84. The van der Waals surface area contributed by atoms with Crippen LogP contribution < -0.4 is 5.32 Å². The van der Waals surface area contributed by atoms with Gasteiger partial charge in [-0.05, 0) is 47.8 Å². The maximum atomic E-state index is 4.84. The van der Waals surface area contributed by atoms with Crippen molar-refractivity contribution >= 4 is 57.2 Å². The molecule has 2 aromatic rings. The molecule has 1 N–H and O–H groups in total. The Bertz CT molecular complexity index is 737. The monoisotopic (exact) mass is 552 g/mol. The summed E-state index contributed by atoms with van der Waals surface area (Å²) in [6, 6.07) is 4.78. The molecule has 0 aliphatic heterocycles. The van der Waals surface area contributed by atoms with Gasteiger partial charge in [0.2, 0.25) is 0 Å². The SMILES string of the molecule is Cc1nnc(CN=C(NC2CCCC2)N(C)Cc2ccc(Br)s2)n1C.I. The molecule has 9 heteroatoms. The predicted octanol–water partition coefficient (Wildman–Crippen LogP) is 4.09. The Morgan fingerprint density at radius 1 is 1.38 bits per heavy atom. The first kappa shape index (κ1) is 21.6. The van der Waals surface area contributed by atoms with Crippen LogP contribution in [0.1, 0.15) is 42.2 Å². The molecule has 1 aliphatic carbocycles. The van der Waals surface area contributed by atoms with E-state index in [1.807, 2.05) is 18.5 Å². The molecule has 0 radical (unpaired) electrons. The van der Waals surface area contributed by atoms with Gasteiger partial charge in [-0.25, -0.2) is 4.99 Å². The van der Waals surface area contributed by atoms with Crippen LogP contribution in [0.2, 0.25) is 0 Å². The highest BCUT2D eigenvalue weighted by Gasteiger charge is 2.19. The van der Waals surface area contributed by atoms with Gasteiger partial charge in [0.05, 0.1) is 10.3 Å². The van der Waals surface area contributed by atoms with Crippen molar-refractivity contribution in [2.45, 2.75) is 51.7 Å². The van der Waals surface area contributed by atoms with E-state index in [0.29, 0.717) is 12.6 Å². The van der Waals surface area contributed by atoms with Crippen LogP contribution in [0, 0.1) is 6.92 Å². The number of halogens is 2. The van der Waals surface area contributed by atoms with Crippen molar-refractivity contribution < 1.29 is 0 Å². The highest BCUT2D eigenvalue weighted by atomic mass is 127. The van der Waals surface area contributed by atoms with Crippen LogP contribution in [-0.2, 0) is 20.1 Å². The Kier molecular flexibility index (Phi) is 8.34. The Morgan fingerprint density at radius 2 is 2.12 bits per heavy atom. The fraction of sp³-hybridized carbons (Fsp3) is 0.588. The number of nitrogens with zero attached hydrogens (tertiary/aromatic N) is 5. The second-order valence-corrected chi connectivity index (χ2v) is 9.10. The van der Waals surface area contributed by atoms with Crippen LogP contribution in [0.25, 0.3) is 0 Å². The molecular formula is C17H26BrIN6S. The minimum Gasteiger partial charge on any atom is -0.353 e. The van der Waals surface area contributed by atoms with E-state index in [-0.39, 0.29) is 24.0 Å². The Morgan fingerprint density at radius 3 is 2.69 bits per heavy atom. The van der Waals surface area contributed by atoms with Gasteiger partial charge in [0.15, 0.2) is 11.8 Å². The lowest BCUT2D eigenvalue weighted by atomic mass is 10.2. The molecule has 2 aromatic heterocycles. The molecule has 1 saturated carbocycles. The summed E-state index contributed by atoms with van der Waals surface area (Å²) in [5.41, 5.74) is 0. The first-order chi connectivity index (χ1) is 12.0. The van der Waals surface area contributed by atoms with E-state index in [0.717, 1.165) is 27.9 Å². The molecule has 2 heterocycles. The smallest absolute Gasteiger partial charge is 0.194 e. The average Bonchev–Trinajstić information content (AvgIpc) is 3.30. The zero-order valence-corrected chi connectivity index (χ0v) is 20.1. The molecule has 0 aromatic carbocycles. The molecule has 26 heavy (non-hydrogen) atoms. The van der Waals surface area contributed by atoms with E-state index < -0.39 is 0 Å². The Labute approximate surface area is 184 Å². The van der Waals surface area contributed by atoms with Crippen LogP contribution in [0.3, 0.4) is 0 Å². The lowest BCUT2D eigenvalue weighted by molar-refractivity contribution is 0.460. The third-order valence-electron chi connectivity index (χ3n) is 4.62. The van der Waals surface area contributed by atoms with E-state index in [1.54, 1.807) is 11.3 Å². The molecule has 6 nitrogen and oxygen atoms in total. The van der Waals surface area contributed by atoms with Crippen molar-refractivity contribution in [2.24, 2.45) is 12.0 Å². The van der Waals surface area contributed by atoms with Gasteiger partial charge < -0.3 is 14.8 Å². The van der Waals surface area contributed by atoms with Crippen molar-refractivity contribution in [1.29, 1.82) is 0 Å². The Balaban J connectivity index is 0.00000243. The van der Waals surface area contributed by atoms with Gasteiger partial charge in [0, 0.05) is 25.0 Å². The van der Waals surface area contributed by atoms with Gasteiger partial charge in [-0.15, -0.1) is 45.5 Å². The van der Waals surface area contributed by atoms with Gasteiger partial charge in [0.1, 0.15) is 12.4 Å². The summed E-state index contributed by atoms with van der Waals surface area (Å²) in [6.45, 7) is 3.33. The minimum absolute atomic E-state index is 0. The van der Waals surface area contributed by atoms with Gasteiger partial charge in [-0.2, -0.15) is 0 Å². The standard InChI is InChI=1S/C17H25BrN6S.HI/c1-12-21-22-16(24(12)3)10-19-17(20-13-6-4-5-7-13)23(2)11-14-8-9-15(18)25-14;/h8-9,13H,4-7,10-11H2,1-3H3,(H,19,20);1H. The van der Waals surface area contributed by atoms with Crippen LogP contribution in [0.5, 0.6) is 0 Å². The number of hydrogen-bond donors (Lipinski definition) is 1. The zero-order valence-electron chi connectivity index (χ0n) is 15.4. The fourth-order valence-electron chi connectivity index (χ4n) is 3.01. The van der Waals surface area contributed by atoms with E-state index in [9.17, 15) is 0 Å². The highest BCUT2D eigenvalue weighted by Crippen LogP contribution is 2.23.